The highest BCUT2D eigenvalue weighted by molar-refractivity contribution is 6.16. The minimum atomic E-state index is 1.08. The van der Waals surface area contributed by atoms with Crippen LogP contribution in [0.4, 0.5) is 0 Å². The van der Waals surface area contributed by atoms with Crippen LogP contribution in [0.25, 0.3) is 187 Å². The highest BCUT2D eigenvalue weighted by atomic mass is 15.1. The molecule has 0 spiro atoms. The van der Waals surface area contributed by atoms with Crippen molar-refractivity contribution < 1.29 is 0 Å². The van der Waals surface area contributed by atoms with Gasteiger partial charge in [0, 0.05) is 81.7 Å². The zero-order valence-electron chi connectivity index (χ0n) is 52.0. The second kappa shape index (κ2) is 20.3. The summed E-state index contributed by atoms with van der Waals surface area (Å²) in [4.78, 5) is 0. The first kappa shape index (κ1) is 52.7. The highest BCUT2D eigenvalue weighted by Gasteiger charge is 2.23. The number of hydrogen-bond acceptors (Lipinski definition) is 0. The Bertz CT molecular complexity index is 6490. The van der Waals surface area contributed by atoms with Gasteiger partial charge in [-0.3, -0.25) is 0 Å². The van der Waals surface area contributed by atoms with Crippen molar-refractivity contribution >= 4 is 131 Å². The van der Waals surface area contributed by atoms with Gasteiger partial charge in [-0.05, 0) is 156 Å². The van der Waals surface area contributed by atoms with Gasteiger partial charge in [0.05, 0.1) is 83.3 Å². The lowest BCUT2D eigenvalue weighted by Crippen LogP contribution is -2.03. The van der Waals surface area contributed by atoms with Crippen molar-refractivity contribution in [2.45, 2.75) is 0 Å². The Morgan fingerprint density at radius 3 is 0.552 bits per heavy atom. The maximum Gasteiger partial charge on any atom is 0.0541 e. The van der Waals surface area contributed by atoms with E-state index in [0.717, 1.165) is 78.4 Å². The number of aromatic nitrogens is 6. The summed E-state index contributed by atoms with van der Waals surface area (Å²) in [6.07, 6.45) is 0. The molecule has 0 atom stereocenters. The Kier molecular flexibility index (Phi) is 11.1. The van der Waals surface area contributed by atoms with Gasteiger partial charge < -0.3 is 27.4 Å². The van der Waals surface area contributed by atoms with Crippen molar-refractivity contribution in [1.29, 1.82) is 0 Å². The third kappa shape index (κ3) is 7.63. The highest BCUT2D eigenvalue weighted by Crippen LogP contribution is 2.44. The van der Waals surface area contributed by atoms with E-state index < -0.39 is 0 Å². The maximum absolute atomic E-state index is 2.49. The van der Waals surface area contributed by atoms with E-state index in [2.05, 4.69) is 367 Å². The average Bonchev–Trinajstić information content (AvgIpc) is 1.58. The van der Waals surface area contributed by atoms with E-state index in [-0.39, 0.29) is 0 Å². The Hall–Kier alpha value is -12.9. The Balaban J connectivity index is 0.738. The number of fused-ring (bicyclic) bond motifs is 18. The van der Waals surface area contributed by atoms with Gasteiger partial charge in [0.25, 0.3) is 0 Å². The van der Waals surface area contributed by atoms with Crippen LogP contribution in [-0.2, 0) is 0 Å². The molecule has 0 fully saturated rings. The molecule has 6 heteroatoms. The van der Waals surface area contributed by atoms with Crippen molar-refractivity contribution in [3.63, 3.8) is 0 Å². The van der Waals surface area contributed by atoms with Gasteiger partial charge in [0.15, 0.2) is 0 Å². The second-order valence-corrected chi connectivity index (χ2v) is 25.6. The molecule has 6 nitrogen and oxygen atoms in total. The first-order valence-electron chi connectivity index (χ1n) is 33.1. The standard InChI is InChI=1S/C90H56N6/c1-11-31-79-67(21-1)68-22-2-12-32-80(68)91(79)61-45-41-57(42-46-61)60-49-62(92-81-33-13-3-23-69(81)70-24-4-14-34-82(70)92)53-63(50-60)93-87-39-19-9-29-75(87)77-51-58(43-47-89(77)93)59-44-48-90-78(52-59)76-30-10-20-40-88(76)96(90)66-55-64(94-83-35-15-5-25-71(83)72-26-6-16-36-84(72)94)54-65(56-66)95-85-37-17-7-27-73(85)74-28-8-18-38-86(74)95/h1-56H. The second-order valence-electron chi connectivity index (χ2n) is 25.6. The number of hydrogen-bond donors (Lipinski definition) is 0. The van der Waals surface area contributed by atoms with Crippen LogP contribution < -0.4 is 0 Å². The third-order valence-electron chi connectivity index (χ3n) is 20.5. The average molecular weight is 1220 g/mol. The Morgan fingerprint density at radius 2 is 0.302 bits per heavy atom. The molecule has 0 bridgehead atoms. The number of nitrogens with zero attached hydrogens (tertiary/aromatic N) is 6. The van der Waals surface area contributed by atoms with Gasteiger partial charge in [-0.15, -0.1) is 0 Å². The van der Waals surface area contributed by atoms with Crippen LogP contribution in [0.5, 0.6) is 0 Å². The molecule has 0 radical (unpaired) electrons. The van der Waals surface area contributed by atoms with Crippen molar-refractivity contribution in [2.24, 2.45) is 0 Å². The van der Waals surface area contributed by atoms with Crippen LogP contribution in [0, 0.1) is 0 Å². The molecule has 0 aliphatic heterocycles. The maximum atomic E-state index is 2.49. The normalized spacial score (nSPS) is 12.2. The van der Waals surface area contributed by atoms with Crippen LogP contribution in [0.1, 0.15) is 0 Å². The summed E-state index contributed by atoms with van der Waals surface area (Å²) in [5, 5.41) is 14.7. The van der Waals surface area contributed by atoms with Gasteiger partial charge >= 0.3 is 0 Å². The van der Waals surface area contributed by atoms with E-state index in [4.69, 9.17) is 0 Å². The molecule has 96 heavy (non-hydrogen) atoms. The fourth-order valence-electron chi connectivity index (χ4n) is 16.5. The minimum absolute atomic E-state index is 1.08. The summed E-state index contributed by atoms with van der Waals surface area (Å²) in [5.74, 6) is 0. The summed E-state index contributed by atoms with van der Waals surface area (Å²) < 4.78 is 14.7. The van der Waals surface area contributed by atoms with Gasteiger partial charge in [0.2, 0.25) is 0 Å². The first-order chi connectivity index (χ1) is 47.6. The van der Waals surface area contributed by atoms with Crippen molar-refractivity contribution in [1.82, 2.24) is 27.4 Å². The molecule has 0 N–H and O–H groups in total. The molecule has 446 valence electrons. The van der Waals surface area contributed by atoms with Crippen molar-refractivity contribution in [3.05, 3.63) is 340 Å². The summed E-state index contributed by atoms with van der Waals surface area (Å²) >= 11 is 0. The minimum Gasteiger partial charge on any atom is -0.309 e. The number of para-hydroxylation sites is 10. The quantitative estimate of drug-likeness (QED) is 0.145. The van der Waals surface area contributed by atoms with Gasteiger partial charge in [0.1, 0.15) is 0 Å². The zero-order chi connectivity index (χ0) is 62.7. The molecule has 0 saturated heterocycles. The molecular formula is C90H56N6. The third-order valence-corrected chi connectivity index (χ3v) is 20.5. The Morgan fingerprint density at radius 1 is 0.115 bits per heavy atom. The molecule has 15 aromatic carbocycles. The molecular weight excluding hydrogens is 1170 g/mol. The Labute approximate surface area is 551 Å². The van der Waals surface area contributed by atoms with Gasteiger partial charge in [-0.2, -0.15) is 0 Å². The monoisotopic (exact) mass is 1220 g/mol. The molecule has 21 aromatic rings. The molecule has 21 rings (SSSR count). The van der Waals surface area contributed by atoms with Crippen LogP contribution >= 0.6 is 0 Å². The van der Waals surface area contributed by atoms with Crippen LogP contribution in [-0.4, -0.2) is 27.4 Å². The predicted molar refractivity (Wildman–Crippen MR) is 403 cm³/mol. The molecule has 0 saturated carbocycles. The van der Waals surface area contributed by atoms with E-state index in [9.17, 15) is 0 Å². The van der Waals surface area contributed by atoms with E-state index >= 15 is 0 Å². The molecule has 0 amide bonds. The lowest BCUT2D eigenvalue weighted by Gasteiger charge is -2.17. The topological polar surface area (TPSA) is 29.6 Å². The molecule has 0 unspecified atom stereocenters. The van der Waals surface area contributed by atoms with Crippen LogP contribution in [0.3, 0.4) is 0 Å². The number of rotatable bonds is 8. The largest absolute Gasteiger partial charge is 0.309 e. The first-order valence-corrected chi connectivity index (χ1v) is 33.1. The molecule has 6 heterocycles. The van der Waals surface area contributed by atoms with Crippen LogP contribution in [0.2, 0.25) is 0 Å². The summed E-state index contributed by atoms with van der Waals surface area (Å²) in [5.41, 5.74) is 25.2. The van der Waals surface area contributed by atoms with Crippen molar-refractivity contribution in [3.8, 4) is 56.4 Å². The molecule has 0 aliphatic carbocycles. The van der Waals surface area contributed by atoms with E-state index in [1.807, 2.05) is 0 Å². The lowest BCUT2D eigenvalue weighted by molar-refractivity contribution is 1.10. The summed E-state index contributed by atoms with van der Waals surface area (Å²) in [6.45, 7) is 0. The van der Waals surface area contributed by atoms with E-state index in [0.29, 0.717) is 0 Å². The molecule has 6 aromatic heterocycles. The van der Waals surface area contributed by atoms with E-state index in [1.54, 1.807) is 0 Å². The fraction of sp³-hybridized carbons (Fsp3) is 0. The van der Waals surface area contributed by atoms with Gasteiger partial charge in [-0.25, -0.2) is 0 Å². The number of benzene rings is 15. The SMILES string of the molecule is c1ccc2c(c1)c1ccccc1n2-c1ccc(-c2cc(-n3c4ccccc4c4ccccc43)cc(-n3c4ccccc4c4cc(-c5ccc6c(c5)c5ccccc5n6-c5cc(-n6c7ccccc7c7ccccc76)cc(-n6c7ccccc7c7ccccc76)c5)ccc43)c2)cc1. The predicted octanol–water partition coefficient (Wildman–Crippen LogP) is 23.6. The zero-order valence-corrected chi connectivity index (χ0v) is 52.0. The smallest absolute Gasteiger partial charge is 0.0541 e. The van der Waals surface area contributed by atoms with E-state index in [1.165, 1.54) is 109 Å². The summed E-state index contributed by atoms with van der Waals surface area (Å²) in [6, 6.07) is 126. The van der Waals surface area contributed by atoms with Crippen LogP contribution in [0.15, 0.2) is 340 Å². The summed E-state index contributed by atoms with van der Waals surface area (Å²) in [7, 11) is 0. The van der Waals surface area contributed by atoms with Crippen molar-refractivity contribution in [2.75, 3.05) is 0 Å². The fourth-order valence-corrected chi connectivity index (χ4v) is 16.5. The molecule has 0 aliphatic rings. The lowest BCUT2D eigenvalue weighted by atomic mass is 10.0. The van der Waals surface area contributed by atoms with Gasteiger partial charge in [-0.1, -0.05) is 206 Å².